The van der Waals surface area contributed by atoms with Gasteiger partial charge in [-0.15, -0.1) is 0 Å². The second kappa shape index (κ2) is 5.90. The number of rotatable bonds is 3. The molecule has 2 saturated heterocycles. The quantitative estimate of drug-likeness (QED) is 0.690. The number of hydrogen-bond acceptors (Lipinski definition) is 3. The molecular weight excluding hydrogens is 256 g/mol. The van der Waals surface area contributed by atoms with Crippen molar-refractivity contribution in [2.24, 2.45) is 0 Å². The maximum absolute atomic E-state index is 12.0. The Labute approximate surface area is 120 Å². The van der Waals surface area contributed by atoms with Gasteiger partial charge >= 0.3 is 6.03 Å². The minimum Gasteiger partial charge on any atom is -0.388 e. The lowest BCUT2D eigenvalue weighted by atomic mass is 9.94. The highest BCUT2D eigenvalue weighted by molar-refractivity contribution is 5.74. The molecule has 1 aliphatic carbocycles. The Kier molecular flexibility index (Phi) is 4.17. The van der Waals surface area contributed by atoms with E-state index in [4.69, 9.17) is 4.74 Å². The van der Waals surface area contributed by atoms with Gasteiger partial charge in [0.2, 0.25) is 0 Å². The monoisotopic (exact) mass is 282 g/mol. The Balaban J connectivity index is 1.42. The molecule has 0 unspecified atom stereocenters. The van der Waals surface area contributed by atoms with Gasteiger partial charge in [-0.1, -0.05) is 25.7 Å². The average Bonchev–Trinajstić information content (AvgIpc) is 2.97. The van der Waals surface area contributed by atoms with E-state index in [-0.39, 0.29) is 18.2 Å². The van der Waals surface area contributed by atoms with E-state index in [1.807, 2.05) is 0 Å². The summed E-state index contributed by atoms with van der Waals surface area (Å²) < 4.78 is 5.72. The van der Waals surface area contributed by atoms with Crippen LogP contribution in [0.4, 0.5) is 4.79 Å². The van der Waals surface area contributed by atoms with Crippen molar-refractivity contribution in [1.82, 2.24) is 10.6 Å². The molecule has 0 aromatic carbocycles. The van der Waals surface area contributed by atoms with E-state index in [1.165, 1.54) is 12.8 Å². The predicted octanol–water partition coefficient (Wildman–Crippen LogP) is 1.69. The summed E-state index contributed by atoms with van der Waals surface area (Å²) in [5.74, 6) is 0. The van der Waals surface area contributed by atoms with Crippen LogP contribution < -0.4 is 10.6 Å². The van der Waals surface area contributed by atoms with E-state index < -0.39 is 5.60 Å². The first-order valence-corrected chi connectivity index (χ1v) is 8.07. The third kappa shape index (κ3) is 3.26. The van der Waals surface area contributed by atoms with Crippen molar-refractivity contribution < 1.29 is 14.6 Å². The van der Waals surface area contributed by atoms with Gasteiger partial charge in [-0.05, 0) is 32.1 Å². The van der Waals surface area contributed by atoms with Crippen molar-refractivity contribution in [3.8, 4) is 0 Å². The van der Waals surface area contributed by atoms with Crippen LogP contribution >= 0.6 is 0 Å². The first-order chi connectivity index (χ1) is 9.65. The maximum Gasteiger partial charge on any atom is 0.315 e. The van der Waals surface area contributed by atoms with Crippen LogP contribution in [0.3, 0.4) is 0 Å². The zero-order valence-electron chi connectivity index (χ0n) is 12.1. The Morgan fingerprint density at radius 2 is 1.95 bits per heavy atom. The number of nitrogens with one attached hydrogen (secondary N) is 2. The second-order valence-electron chi connectivity index (χ2n) is 6.68. The van der Waals surface area contributed by atoms with Gasteiger partial charge < -0.3 is 20.5 Å². The smallest absolute Gasteiger partial charge is 0.315 e. The molecular formula is C15H26N2O3. The van der Waals surface area contributed by atoms with Crippen molar-refractivity contribution in [3.63, 3.8) is 0 Å². The first-order valence-electron chi connectivity index (χ1n) is 8.07. The Morgan fingerprint density at radius 3 is 2.55 bits per heavy atom. The fraction of sp³-hybridized carbons (Fsp3) is 0.933. The van der Waals surface area contributed by atoms with Gasteiger partial charge in [0.1, 0.15) is 0 Å². The number of aliphatic hydroxyl groups is 1. The maximum atomic E-state index is 12.0. The molecule has 2 amide bonds. The molecule has 2 bridgehead atoms. The molecule has 0 aromatic heterocycles. The highest BCUT2D eigenvalue weighted by atomic mass is 16.5. The molecule has 3 N–H and O–H groups in total. The zero-order valence-corrected chi connectivity index (χ0v) is 12.1. The molecule has 0 spiro atoms. The summed E-state index contributed by atoms with van der Waals surface area (Å²) in [5.41, 5.74) is -0.709. The highest BCUT2D eigenvalue weighted by Gasteiger charge is 2.41. The molecule has 1 saturated carbocycles. The average molecular weight is 282 g/mol. The Morgan fingerprint density at radius 1 is 1.20 bits per heavy atom. The molecule has 0 radical (unpaired) electrons. The van der Waals surface area contributed by atoms with Crippen LogP contribution in [0.2, 0.25) is 0 Å². The number of carbonyl (C=O) groups is 1. The van der Waals surface area contributed by atoms with Crippen LogP contribution in [0.1, 0.15) is 57.8 Å². The van der Waals surface area contributed by atoms with Crippen molar-refractivity contribution in [3.05, 3.63) is 0 Å². The molecule has 5 nitrogen and oxygen atoms in total. The van der Waals surface area contributed by atoms with E-state index in [9.17, 15) is 9.90 Å². The molecule has 3 aliphatic rings. The lowest BCUT2D eigenvalue weighted by Gasteiger charge is -2.27. The van der Waals surface area contributed by atoms with Crippen LogP contribution in [-0.4, -0.2) is 41.5 Å². The van der Waals surface area contributed by atoms with Gasteiger partial charge in [0.05, 0.1) is 23.9 Å². The standard InChI is InChI=1S/C15H26N2O3/c18-14(17-12-9-11-5-6-13(12)20-11)16-10-15(19)7-3-1-2-4-8-15/h11-13,19H,1-10H2,(H2,16,17,18)/t11-,12-,13-/m1/s1. The van der Waals surface area contributed by atoms with E-state index in [1.54, 1.807) is 0 Å². The van der Waals surface area contributed by atoms with Crippen molar-refractivity contribution in [1.29, 1.82) is 0 Å². The Hall–Kier alpha value is -0.810. The lowest BCUT2D eigenvalue weighted by molar-refractivity contribution is 0.0275. The third-order valence-electron chi connectivity index (χ3n) is 5.03. The molecule has 3 fully saturated rings. The van der Waals surface area contributed by atoms with Crippen LogP contribution in [0.5, 0.6) is 0 Å². The van der Waals surface area contributed by atoms with Crippen LogP contribution in [-0.2, 0) is 4.74 Å². The summed E-state index contributed by atoms with van der Waals surface area (Å²) in [7, 11) is 0. The SMILES string of the molecule is O=C(NCC1(O)CCCCCC1)N[C@@H]1C[C@H]2CC[C@H]1O2. The van der Waals surface area contributed by atoms with Crippen LogP contribution in [0.15, 0.2) is 0 Å². The number of urea groups is 1. The van der Waals surface area contributed by atoms with Crippen molar-refractivity contribution in [2.75, 3.05) is 6.54 Å². The number of carbonyl (C=O) groups excluding carboxylic acids is 1. The minimum atomic E-state index is -0.709. The topological polar surface area (TPSA) is 70.6 Å². The number of fused-ring (bicyclic) bond motifs is 2. The van der Waals surface area contributed by atoms with Crippen LogP contribution in [0.25, 0.3) is 0 Å². The molecule has 20 heavy (non-hydrogen) atoms. The number of ether oxygens (including phenoxy) is 1. The normalized spacial score (nSPS) is 35.5. The Bertz CT molecular complexity index is 353. The fourth-order valence-electron chi connectivity index (χ4n) is 3.82. The minimum absolute atomic E-state index is 0.150. The fourth-order valence-corrected chi connectivity index (χ4v) is 3.82. The van der Waals surface area contributed by atoms with E-state index in [0.29, 0.717) is 12.6 Å². The van der Waals surface area contributed by atoms with Crippen molar-refractivity contribution in [2.45, 2.75) is 81.6 Å². The number of amides is 2. The molecule has 5 heteroatoms. The van der Waals surface area contributed by atoms with Gasteiger partial charge in [-0.2, -0.15) is 0 Å². The van der Waals surface area contributed by atoms with Gasteiger partial charge in [0, 0.05) is 6.54 Å². The summed E-state index contributed by atoms with van der Waals surface area (Å²) in [6.45, 7) is 0.362. The second-order valence-corrected chi connectivity index (χ2v) is 6.68. The molecule has 2 heterocycles. The summed E-state index contributed by atoms with van der Waals surface area (Å²) >= 11 is 0. The van der Waals surface area contributed by atoms with Gasteiger partial charge in [0.15, 0.2) is 0 Å². The van der Waals surface area contributed by atoms with E-state index >= 15 is 0 Å². The lowest BCUT2D eigenvalue weighted by Crippen LogP contribution is -2.50. The van der Waals surface area contributed by atoms with E-state index in [2.05, 4.69) is 10.6 Å². The number of hydrogen-bond donors (Lipinski definition) is 3. The van der Waals surface area contributed by atoms with Gasteiger partial charge in [0.25, 0.3) is 0 Å². The third-order valence-corrected chi connectivity index (χ3v) is 5.03. The van der Waals surface area contributed by atoms with Crippen molar-refractivity contribution >= 4 is 6.03 Å². The molecule has 114 valence electrons. The predicted molar refractivity (Wildman–Crippen MR) is 75.5 cm³/mol. The molecule has 0 aromatic rings. The summed E-state index contributed by atoms with van der Waals surface area (Å²) in [5, 5.41) is 16.3. The van der Waals surface area contributed by atoms with Crippen LogP contribution in [0, 0.1) is 0 Å². The highest BCUT2D eigenvalue weighted by Crippen LogP contribution is 2.34. The molecule has 3 atom stereocenters. The molecule has 2 aliphatic heterocycles. The summed E-state index contributed by atoms with van der Waals surface area (Å²) in [4.78, 5) is 12.0. The largest absolute Gasteiger partial charge is 0.388 e. The zero-order chi connectivity index (χ0) is 14.0. The van der Waals surface area contributed by atoms with Gasteiger partial charge in [-0.25, -0.2) is 4.79 Å². The van der Waals surface area contributed by atoms with E-state index in [0.717, 1.165) is 44.9 Å². The first kappa shape index (κ1) is 14.1. The molecule has 3 rings (SSSR count). The summed E-state index contributed by atoms with van der Waals surface area (Å²) in [6.07, 6.45) is 9.75. The van der Waals surface area contributed by atoms with Gasteiger partial charge in [-0.3, -0.25) is 0 Å². The summed E-state index contributed by atoms with van der Waals surface area (Å²) in [6, 6.07) is -0.0126.